The number of carbonyl (C=O) groups is 1. The third kappa shape index (κ3) is 4.22. The highest BCUT2D eigenvalue weighted by molar-refractivity contribution is 7.14. The van der Waals surface area contributed by atoms with E-state index in [9.17, 15) is 4.79 Å². The molecule has 17 heavy (non-hydrogen) atoms. The van der Waals surface area contributed by atoms with Crippen LogP contribution in [0.3, 0.4) is 0 Å². The summed E-state index contributed by atoms with van der Waals surface area (Å²) in [7, 11) is 0. The molecule has 0 aliphatic heterocycles. The predicted octanol–water partition coefficient (Wildman–Crippen LogP) is 1.75. The zero-order valence-corrected chi connectivity index (χ0v) is 11.3. The van der Waals surface area contributed by atoms with Crippen LogP contribution in [-0.2, 0) is 0 Å². The van der Waals surface area contributed by atoms with Crippen LogP contribution in [0.15, 0.2) is 6.07 Å². The van der Waals surface area contributed by atoms with Gasteiger partial charge in [-0.15, -0.1) is 11.3 Å². The molecule has 1 heterocycles. The number of hydrogen-bond donors (Lipinski definition) is 2. The van der Waals surface area contributed by atoms with Crippen LogP contribution in [0.5, 0.6) is 0 Å². The first-order valence-electron chi connectivity index (χ1n) is 5.62. The molecule has 0 radical (unpaired) electrons. The molecule has 3 N–H and O–H groups in total. The standard InChI is InChI=1S/C13H18N2OS/c1-9(2)8-15-13(16)12-7-10(3)11(17-12)5-4-6-14/h7,9H,6,8,14H2,1-3H3,(H,15,16). The minimum atomic E-state index is -0.0207. The topological polar surface area (TPSA) is 55.1 Å². The van der Waals surface area contributed by atoms with Crippen LogP contribution in [0.1, 0.15) is 34.0 Å². The molecule has 0 saturated carbocycles. The van der Waals surface area contributed by atoms with Crippen molar-refractivity contribution in [1.82, 2.24) is 5.32 Å². The molecule has 0 atom stereocenters. The van der Waals surface area contributed by atoms with Crippen molar-refractivity contribution in [2.24, 2.45) is 11.7 Å². The molecular formula is C13H18N2OS. The first-order valence-corrected chi connectivity index (χ1v) is 6.43. The van der Waals surface area contributed by atoms with Crippen LogP contribution in [0.4, 0.5) is 0 Å². The van der Waals surface area contributed by atoms with Gasteiger partial charge < -0.3 is 11.1 Å². The van der Waals surface area contributed by atoms with Crippen LogP contribution in [0, 0.1) is 24.7 Å². The maximum atomic E-state index is 11.8. The summed E-state index contributed by atoms with van der Waals surface area (Å²) in [5.74, 6) is 6.21. The van der Waals surface area contributed by atoms with E-state index in [1.807, 2.05) is 13.0 Å². The summed E-state index contributed by atoms with van der Waals surface area (Å²) in [4.78, 5) is 13.4. The summed E-state index contributed by atoms with van der Waals surface area (Å²) in [6, 6.07) is 1.88. The van der Waals surface area contributed by atoms with Gasteiger partial charge in [0.25, 0.3) is 5.91 Å². The number of hydrogen-bond acceptors (Lipinski definition) is 3. The summed E-state index contributed by atoms with van der Waals surface area (Å²) in [5.41, 5.74) is 6.36. The van der Waals surface area contributed by atoms with Gasteiger partial charge in [-0.05, 0) is 24.5 Å². The van der Waals surface area contributed by atoms with E-state index < -0.39 is 0 Å². The van der Waals surface area contributed by atoms with Crippen molar-refractivity contribution in [2.75, 3.05) is 13.1 Å². The van der Waals surface area contributed by atoms with Crippen molar-refractivity contribution < 1.29 is 4.79 Å². The molecule has 0 saturated heterocycles. The Morgan fingerprint density at radius 1 is 1.59 bits per heavy atom. The molecular weight excluding hydrogens is 232 g/mol. The van der Waals surface area contributed by atoms with Gasteiger partial charge >= 0.3 is 0 Å². The molecule has 1 aromatic heterocycles. The fraction of sp³-hybridized carbons (Fsp3) is 0.462. The van der Waals surface area contributed by atoms with E-state index in [0.29, 0.717) is 23.9 Å². The number of thiophene rings is 1. The Morgan fingerprint density at radius 3 is 2.88 bits per heavy atom. The molecule has 1 aromatic rings. The van der Waals surface area contributed by atoms with Gasteiger partial charge in [0.05, 0.1) is 16.3 Å². The molecule has 4 heteroatoms. The van der Waals surface area contributed by atoms with E-state index in [1.54, 1.807) is 0 Å². The molecule has 0 spiro atoms. The molecule has 1 rings (SSSR count). The van der Waals surface area contributed by atoms with E-state index >= 15 is 0 Å². The van der Waals surface area contributed by atoms with E-state index in [2.05, 4.69) is 31.0 Å². The van der Waals surface area contributed by atoms with E-state index in [0.717, 1.165) is 10.4 Å². The van der Waals surface area contributed by atoms with Crippen molar-refractivity contribution in [1.29, 1.82) is 0 Å². The van der Waals surface area contributed by atoms with Crippen molar-refractivity contribution >= 4 is 17.2 Å². The van der Waals surface area contributed by atoms with E-state index in [4.69, 9.17) is 5.73 Å². The lowest BCUT2D eigenvalue weighted by Gasteiger charge is -2.05. The number of amides is 1. The maximum Gasteiger partial charge on any atom is 0.261 e. The third-order valence-corrected chi connectivity index (χ3v) is 3.27. The molecule has 0 aromatic carbocycles. The van der Waals surface area contributed by atoms with Crippen LogP contribution >= 0.6 is 11.3 Å². The number of nitrogens with two attached hydrogens (primary N) is 1. The first-order chi connectivity index (χ1) is 8.04. The third-order valence-electron chi connectivity index (χ3n) is 2.12. The smallest absolute Gasteiger partial charge is 0.261 e. The Bertz CT molecular complexity index is 452. The highest BCUT2D eigenvalue weighted by Crippen LogP contribution is 2.20. The Balaban J connectivity index is 2.75. The average Bonchev–Trinajstić information content (AvgIpc) is 2.65. The number of rotatable bonds is 3. The molecule has 3 nitrogen and oxygen atoms in total. The highest BCUT2D eigenvalue weighted by atomic mass is 32.1. The summed E-state index contributed by atoms with van der Waals surface area (Å²) >= 11 is 1.42. The van der Waals surface area contributed by atoms with Gasteiger partial charge in [0, 0.05) is 6.54 Å². The molecule has 0 aliphatic carbocycles. The monoisotopic (exact) mass is 250 g/mol. The lowest BCUT2D eigenvalue weighted by Crippen LogP contribution is -2.26. The largest absolute Gasteiger partial charge is 0.351 e. The molecule has 1 amide bonds. The summed E-state index contributed by atoms with van der Waals surface area (Å²) < 4.78 is 0. The van der Waals surface area contributed by atoms with Crippen LogP contribution in [0.2, 0.25) is 0 Å². The summed E-state index contributed by atoms with van der Waals surface area (Å²) in [5, 5.41) is 2.89. The molecule has 0 unspecified atom stereocenters. The Kier molecular flexibility index (Phi) is 5.20. The van der Waals surface area contributed by atoms with Crippen molar-refractivity contribution in [3.63, 3.8) is 0 Å². The summed E-state index contributed by atoms with van der Waals surface area (Å²) in [6.07, 6.45) is 0. The van der Waals surface area contributed by atoms with Crippen LogP contribution in [-0.4, -0.2) is 19.0 Å². The first kappa shape index (κ1) is 13.8. The molecule has 0 fully saturated rings. The van der Waals surface area contributed by atoms with E-state index in [1.165, 1.54) is 11.3 Å². The number of nitrogens with one attached hydrogen (secondary N) is 1. The van der Waals surface area contributed by atoms with Gasteiger partial charge in [0.15, 0.2) is 0 Å². The van der Waals surface area contributed by atoms with Gasteiger partial charge in [-0.25, -0.2) is 0 Å². The Hall–Kier alpha value is -1.31. The van der Waals surface area contributed by atoms with E-state index in [-0.39, 0.29) is 5.91 Å². The molecule has 0 aliphatic rings. The Morgan fingerprint density at radius 2 is 2.29 bits per heavy atom. The fourth-order valence-corrected chi connectivity index (χ4v) is 2.20. The fourth-order valence-electron chi connectivity index (χ4n) is 1.23. The highest BCUT2D eigenvalue weighted by Gasteiger charge is 2.11. The van der Waals surface area contributed by atoms with Gasteiger partial charge in [-0.1, -0.05) is 25.7 Å². The second-order valence-electron chi connectivity index (χ2n) is 4.23. The average molecular weight is 250 g/mol. The number of carbonyl (C=O) groups excluding carboxylic acids is 1. The second kappa shape index (κ2) is 6.43. The van der Waals surface area contributed by atoms with Gasteiger partial charge in [0.1, 0.15) is 0 Å². The quantitative estimate of drug-likeness (QED) is 0.803. The van der Waals surface area contributed by atoms with Crippen LogP contribution in [0.25, 0.3) is 0 Å². The summed E-state index contributed by atoms with van der Waals surface area (Å²) in [6.45, 7) is 7.12. The lowest BCUT2D eigenvalue weighted by molar-refractivity contribution is 0.0953. The minimum absolute atomic E-state index is 0.0207. The zero-order chi connectivity index (χ0) is 12.8. The van der Waals surface area contributed by atoms with Gasteiger partial charge in [0.2, 0.25) is 0 Å². The van der Waals surface area contributed by atoms with Crippen LogP contribution < -0.4 is 11.1 Å². The van der Waals surface area contributed by atoms with Gasteiger partial charge in [-0.2, -0.15) is 0 Å². The molecule has 0 bridgehead atoms. The Labute approximate surface area is 106 Å². The SMILES string of the molecule is Cc1cc(C(=O)NCC(C)C)sc1C#CCN. The molecule has 92 valence electrons. The zero-order valence-electron chi connectivity index (χ0n) is 10.5. The number of aryl methyl sites for hydroxylation is 1. The minimum Gasteiger partial charge on any atom is -0.351 e. The predicted molar refractivity (Wildman–Crippen MR) is 72.2 cm³/mol. The van der Waals surface area contributed by atoms with Crippen molar-refractivity contribution in [3.05, 3.63) is 21.4 Å². The lowest BCUT2D eigenvalue weighted by atomic mass is 10.2. The normalized spacial score (nSPS) is 9.94. The van der Waals surface area contributed by atoms with Crippen molar-refractivity contribution in [2.45, 2.75) is 20.8 Å². The van der Waals surface area contributed by atoms with Crippen molar-refractivity contribution in [3.8, 4) is 11.8 Å². The van der Waals surface area contributed by atoms with Gasteiger partial charge in [-0.3, -0.25) is 4.79 Å². The maximum absolute atomic E-state index is 11.8. The second-order valence-corrected chi connectivity index (χ2v) is 5.28.